The lowest BCUT2D eigenvalue weighted by Crippen LogP contribution is -2.40. The molecule has 2 unspecified atom stereocenters. The van der Waals surface area contributed by atoms with Crippen molar-refractivity contribution in [3.8, 4) is 5.75 Å². The summed E-state index contributed by atoms with van der Waals surface area (Å²) in [5, 5.41) is 7.97. The zero-order valence-electron chi connectivity index (χ0n) is 11.9. The molecule has 0 saturated carbocycles. The first kappa shape index (κ1) is 16.5. The molecule has 112 valence electrons. The van der Waals surface area contributed by atoms with Gasteiger partial charge in [0.15, 0.2) is 5.25 Å². The monoisotopic (exact) mass is 301 g/mol. The van der Waals surface area contributed by atoms with Gasteiger partial charge in [-0.05, 0) is 31.5 Å². The number of phenolic OH excluding ortho intramolecular Hbond substituents is 1. The molecular formula is C13H19NO5S. The Kier molecular flexibility index (Phi) is 5.13. The van der Waals surface area contributed by atoms with Gasteiger partial charge in [-0.3, -0.25) is 4.79 Å². The van der Waals surface area contributed by atoms with Crippen LogP contribution in [0.25, 0.3) is 0 Å². The van der Waals surface area contributed by atoms with Gasteiger partial charge < -0.3 is 9.84 Å². The molecule has 0 fully saturated rings. The number of nitrogens with zero attached hydrogens (tertiary/aromatic N) is 1. The summed E-state index contributed by atoms with van der Waals surface area (Å²) in [6.07, 6.45) is 0. The van der Waals surface area contributed by atoms with Gasteiger partial charge in [-0.25, -0.2) is 8.42 Å². The molecule has 0 bridgehead atoms. The van der Waals surface area contributed by atoms with E-state index in [2.05, 4.69) is 4.74 Å². The summed E-state index contributed by atoms with van der Waals surface area (Å²) in [7, 11) is -1.25. The first-order chi connectivity index (χ1) is 9.21. The van der Waals surface area contributed by atoms with E-state index >= 15 is 0 Å². The van der Waals surface area contributed by atoms with Crippen LogP contribution < -0.4 is 0 Å². The molecule has 0 saturated heterocycles. The summed E-state index contributed by atoms with van der Waals surface area (Å²) in [6, 6.07) is 5.77. The molecule has 0 radical (unpaired) electrons. The fraction of sp³-hybridized carbons (Fsp3) is 0.462. The van der Waals surface area contributed by atoms with Gasteiger partial charge in [0.25, 0.3) is 0 Å². The lowest BCUT2D eigenvalue weighted by molar-refractivity contribution is -0.139. The van der Waals surface area contributed by atoms with Crippen LogP contribution in [0, 0.1) is 0 Å². The number of aromatic hydroxyl groups is 1. The molecule has 0 aromatic heterocycles. The highest BCUT2D eigenvalue weighted by Gasteiger charge is 2.35. The number of carbonyl (C=O) groups excluding carboxylic acids is 1. The third-order valence-corrected chi connectivity index (χ3v) is 5.51. The smallest absolute Gasteiger partial charge is 0.325 e. The lowest BCUT2D eigenvalue weighted by Gasteiger charge is -2.26. The molecule has 0 heterocycles. The molecule has 20 heavy (non-hydrogen) atoms. The van der Waals surface area contributed by atoms with E-state index in [9.17, 15) is 18.3 Å². The van der Waals surface area contributed by atoms with Crippen molar-refractivity contribution >= 4 is 16.0 Å². The Balaban J connectivity index is 3.01. The SMILES string of the molecule is COC(=O)C(C)S(=O)(=O)N(C)C(C)c1ccc(O)cc1. The van der Waals surface area contributed by atoms with E-state index in [-0.39, 0.29) is 5.75 Å². The zero-order chi connectivity index (χ0) is 15.5. The standard InChI is InChI=1S/C13H19NO5S/c1-9(11-5-7-12(15)8-6-11)14(3)20(17,18)10(2)13(16)19-4/h5-10,15H,1-4H3. The Morgan fingerprint density at radius 1 is 1.25 bits per heavy atom. The highest BCUT2D eigenvalue weighted by molar-refractivity contribution is 7.90. The minimum atomic E-state index is -3.81. The molecule has 6 nitrogen and oxygen atoms in total. The van der Waals surface area contributed by atoms with E-state index in [1.165, 1.54) is 26.1 Å². The summed E-state index contributed by atoms with van der Waals surface area (Å²) < 4.78 is 30.2. The minimum Gasteiger partial charge on any atom is -0.508 e. The largest absolute Gasteiger partial charge is 0.508 e. The number of benzene rings is 1. The van der Waals surface area contributed by atoms with Crippen molar-refractivity contribution in [2.45, 2.75) is 25.1 Å². The molecule has 1 rings (SSSR count). The van der Waals surface area contributed by atoms with E-state index in [1.807, 2.05) is 0 Å². The normalized spacial score (nSPS) is 14.8. The van der Waals surface area contributed by atoms with E-state index in [0.29, 0.717) is 5.56 Å². The number of rotatable bonds is 5. The molecule has 0 aliphatic carbocycles. The van der Waals surface area contributed by atoms with Gasteiger partial charge in [0.2, 0.25) is 10.0 Å². The molecule has 0 aliphatic heterocycles. The van der Waals surface area contributed by atoms with Crippen molar-refractivity contribution in [1.29, 1.82) is 0 Å². The Morgan fingerprint density at radius 3 is 2.20 bits per heavy atom. The molecular weight excluding hydrogens is 282 g/mol. The third kappa shape index (κ3) is 3.29. The van der Waals surface area contributed by atoms with Crippen molar-refractivity contribution < 1.29 is 23.1 Å². The quantitative estimate of drug-likeness (QED) is 0.828. The molecule has 0 amide bonds. The maximum atomic E-state index is 12.3. The second-order valence-electron chi connectivity index (χ2n) is 4.49. The molecule has 7 heteroatoms. The third-order valence-electron chi connectivity index (χ3n) is 3.30. The number of esters is 1. The van der Waals surface area contributed by atoms with Gasteiger partial charge in [-0.2, -0.15) is 4.31 Å². The van der Waals surface area contributed by atoms with Crippen LogP contribution in [0.5, 0.6) is 5.75 Å². The minimum absolute atomic E-state index is 0.106. The Morgan fingerprint density at radius 2 is 1.75 bits per heavy atom. The van der Waals surface area contributed by atoms with Gasteiger partial charge in [0, 0.05) is 13.1 Å². The number of phenols is 1. The van der Waals surface area contributed by atoms with Crippen LogP contribution in [0.4, 0.5) is 0 Å². The average molecular weight is 301 g/mol. The second kappa shape index (κ2) is 6.23. The Labute approximate surface area is 119 Å². The summed E-state index contributed by atoms with van der Waals surface area (Å²) >= 11 is 0. The first-order valence-corrected chi connectivity index (χ1v) is 7.55. The van der Waals surface area contributed by atoms with Gasteiger partial charge in [-0.1, -0.05) is 12.1 Å². The van der Waals surface area contributed by atoms with Crippen LogP contribution in [-0.2, 0) is 19.6 Å². The summed E-state index contributed by atoms with van der Waals surface area (Å²) in [4.78, 5) is 11.4. The van der Waals surface area contributed by atoms with Crippen LogP contribution >= 0.6 is 0 Å². The maximum Gasteiger partial charge on any atom is 0.325 e. The van der Waals surface area contributed by atoms with Crippen LogP contribution in [0.15, 0.2) is 24.3 Å². The highest BCUT2D eigenvalue weighted by Crippen LogP contribution is 2.25. The van der Waals surface area contributed by atoms with Crippen LogP contribution in [0.1, 0.15) is 25.5 Å². The molecule has 1 N–H and O–H groups in total. The highest BCUT2D eigenvalue weighted by atomic mass is 32.2. The predicted octanol–water partition coefficient (Wildman–Crippen LogP) is 1.28. The fourth-order valence-electron chi connectivity index (χ4n) is 1.72. The fourth-order valence-corrected chi connectivity index (χ4v) is 3.12. The zero-order valence-corrected chi connectivity index (χ0v) is 12.7. The molecule has 2 atom stereocenters. The van der Waals surface area contributed by atoms with Crippen molar-refractivity contribution in [3.63, 3.8) is 0 Å². The van der Waals surface area contributed by atoms with Crippen molar-refractivity contribution in [2.75, 3.05) is 14.2 Å². The van der Waals surface area contributed by atoms with E-state index < -0.39 is 27.3 Å². The number of carbonyl (C=O) groups is 1. The summed E-state index contributed by atoms with van der Waals surface area (Å²) in [6.45, 7) is 3.00. The van der Waals surface area contributed by atoms with Crippen molar-refractivity contribution in [2.24, 2.45) is 0 Å². The second-order valence-corrected chi connectivity index (χ2v) is 6.81. The Hall–Kier alpha value is -1.60. The lowest BCUT2D eigenvalue weighted by atomic mass is 10.1. The summed E-state index contributed by atoms with van der Waals surface area (Å²) in [5.41, 5.74) is 0.714. The molecule has 0 spiro atoms. The number of sulfonamides is 1. The van der Waals surface area contributed by atoms with Gasteiger partial charge in [0.05, 0.1) is 7.11 Å². The predicted molar refractivity (Wildman–Crippen MR) is 74.7 cm³/mol. The van der Waals surface area contributed by atoms with E-state index in [4.69, 9.17) is 0 Å². The van der Waals surface area contributed by atoms with Gasteiger partial charge in [0.1, 0.15) is 5.75 Å². The topological polar surface area (TPSA) is 83.9 Å². The summed E-state index contributed by atoms with van der Waals surface area (Å²) in [5.74, 6) is -0.691. The van der Waals surface area contributed by atoms with Gasteiger partial charge in [-0.15, -0.1) is 0 Å². The Bertz CT molecular complexity index is 567. The molecule has 1 aromatic rings. The first-order valence-electron chi connectivity index (χ1n) is 6.05. The van der Waals surface area contributed by atoms with E-state index in [1.54, 1.807) is 19.1 Å². The number of hydrogen-bond acceptors (Lipinski definition) is 5. The van der Waals surface area contributed by atoms with Crippen LogP contribution in [0.2, 0.25) is 0 Å². The maximum absolute atomic E-state index is 12.3. The van der Waals surface area contributed by atoms with Gasteiger partial charge >= 0.3 is 5.97 Å². The van der Waals surface area contributed by atoms with Crippen molar-refractivity contribution in [1.82, 2.24) is 4.31 Å². The van der Waals surface area contributed by atoms with E-state index in [0.717, 1.165) is 11.4 Å². The number of hydrogen-bond donors (Lipinski definition) is 1. The number of methoxy groups -OCH3 is 1. The molecule has 1 aromatic carbocycles. The number of ether oxygens (including phenoxy) is 1. The average Bonchev–Trinajstić information content (AvgIpc) is 2.44. The van der Waals surface area contributed by atoms with Crippen molar-refractivity contribution in [3.05, 3.63) is 29.8 Å². The molecule has 0 aliphatic rings. The van der Waals surface area contributed by atoms with Crippen LogP contribution in [-0.4, -0.2) is 43.2 Å². The van der Waals surface area contributed by atoms with Crippen LogP contribution in [0.3, 0.4) is 0 Å².